The van der Waals surface area contributed by atoms with E-state index in [1.54, 1.807) is 16.8 Å². The van der Waals surface area contributed by atoms with E-state index < -0.39 is 0 Å². The lowest BCUT2D eigenvalue weighted by Gasteiger charge is -2.28. The van der Waals surface area contributed by atoms with Crippen molar-refractivity contribution in [2.75, 3.05) is 53.0 Å². The Bertz CT molecular complexity index is 545. The van der Waals surface area contributed by atoms with Gasteiger partial charge in [0, 0.05) is 24.7 Å². The van der Waals surface area contributed by atoms with Gasteiger partial charge in [0.2, 0.25) is 11.8 Å². The van der Waals surface area contributed by atoms with E-state index in [1.165, 1.54) is 0 Å². The standard InChI is InChI=1S/C17H24ClN3O3/c1-20(13-17(23)21-8-10-24-11-9-21)12-16(22)19-7-6-14-2-4-15(18)5-3-14/h2-5H,6-13H2,1H3,(H,19,22). The topological polar surface area (TPSA) is 61.9 Å². The van der Waals surface area contributed by atoms with Crippen molar-refractivity contribution in [3.63, 3.8) is 0 Å². The van der Waals surface area contributed by atoms with Gasteiger partial charge in [-0.15, -0.1) is 0 Å². The molecule has 1 fully saturated rings. The molecule has 0 aliphatic carbocycles. The van der Waals surface area contributed by atoms with Crippen molar-refractivity contribution in [1.82, 2.24) is 15.1 Å². The molecule has 1 aromatic rings. The Labute approximate surface area is 147 Å². The normalized spacial score (nSPS) is 14.7. The van der Waals surface area contributed by atoms with Gasteiger partial charge in [0.25, 0.3) is 0 Å². The molecule has 132 valence electrons. The molecule has 1 N–H and O–H groups in total. The van der Waals surface area contributed by atoms with Crippen molar-refractivity contribution in [3.05, 3.63) is 34.9 Å². The highest BCUT2D eigenvalue weighted by Crippen LogP contribution is 2.09. The van der Waals surface area contributed by atoms with Gasteiger partial charge in [-0.1, -0.05) is 23.7 Å². The Morgan fingerprint density at radius 3 is 2.54 bits per heavy atom. The summed E-state index contributed by atoms with van der Waals surface area (Å²) >= 11 is 5.84. The van der Waals surface area contributed by atoms with Crippen molar-refractivity contribution in [3.8, 4) is 0 Å². The predicted molar refractivity (Wildman–Crippen MR) is 93.1 cm³/mol. The van der Waals surface area contributed by atoms with Gasteiger partial charge < -0.3 is 15.0 Å². The maximum Gasteiger partial charge on any atom is 0.236 e. The van der Waals surface area contributed by atoms with Crippen LogP contribution in [0.3, 0.4) is 0 Å². The summed E-state index contributed by atoms with van der Waals surface area (Å²) in [4.78, 5) is 27.5. The number of likely N-dealkylation sites (N-methyl/N-ethyl adjacent to an activating group) is 1. The summed E-state index contributed by atoms with van der Waals surface area (Å²) in [6.45, 7) is 3.42. The van der Waals surface area contributed by atoms with E-state index in [0.29, 0.717) is 37.9 Å². The number of carbonyl (C=O) groups is 2. The van der Waals surface area contributed by atoms with E-state index in [2.05, 4.69) is 5.32 Å². The number of rotatable bonds is 7. The summed E-state index contributed by atoms with van der Waals surface area (Å²) in [5.74, 6) is -0.0454. The lowest BCUT2D eigenvalue weighted by molar-refractivity contribution is -0.136. The number of nitrogens with one attached hydrogen (secondary N) is 1. The fraction of sp³-hybridized carbons (Fsp3) is 0.529. The van der Waals surface area contributed by atoms with Gasteiger partial charge in [-0.3, -0.25) is 14.5 Å². The third kappa shape index (κ3) is 6.47. The molecule has 0 aromatic heterocycles. The molecule has 7 heteroatoms. The summed E-state index contributed by atoms with van der Waals surface area (Å²) in [7, 11) is 1.77. The van der Waals surface area contributed by atoms with E-state index >= 15 is 0 Å². The third-order valence-corrected chi connectivity index (χ3v) is 4.08. The lowest BCUT2D eigenvalue weighted by atomic mass is 10.1. The molecule has 1 aliphatic rings. The number of carbonyl (C=O) groups excluding carboxylic acids is 2. The van der Waals surface area contributed by atoms with Crippen LogP contribution < -0.4 is 5.32 Å². The fourth-order valence-electron chi connectivity index (χ4n) is 2.50. The number of benzene rings is 1. The van der Waals surface area contributed by atoms with E-state index in [4.69, 9.17) is 16.3 Å². The SMILES string of the molecule is CN(CC(=O)NCCc1ccc(Cl)cc1)CC(=O)N1CCOCC1. The second-order valence-electron chi connectivity index (χ2n) is 5.89. The molecule has 0 unspecified atom stereocenters. The molecule has 24 heavy (non-hydrogen) atoms. The molecule has 0 atom stereocenters. The number of hydrogen-bond donors (Lipinski definition) is 1. The van der Waals surface area contributed by atoms with Crippen LogP contribution >= 0.6 is 11.6 Å². The lowest BCUT2D eigenvalue weighted by Crippen LogP contribution is -2.46. The highest BCUT2D eigenvalue weighted by molar-refractivity contribution is 6.30. The predicted octanol–water partition coefficient (Wildman–Crippen LogP) is 0.789. The van der Waals surface area contributed by atoms with Gasteiger partial charge in [-0.05, 0) is 31.2 Å². The summed E-state index contributed by atoms with van der Waals surface area (Å²) < 4.78 is 5.23. The Morgan fingerprint density at radius 2 is 1.88 bits per heavy atom. The second-order valence-corrected chi connectivity index (χ2v) is 6.33. The molecule has 1 aromatic carbocycles. The van der Waals surface area contributed by atoms with Gasteiger partial charge in [0.1, 0.15) is 0 Å². The van der Waals surface area contributed by atoms with E-state index in [0.717, 1.165) is 12.0 Å². The zero-order chi connectivity index (χ0) is 17.4. The molecule has 6 nitrogen and oxygen atoms in total. The molecule has 0 radical (unpaired) electrons. The van der Waals surface area contributed by atoms with Crippen LogP contribution in [-0.4, -0.2) is 74.6 Å². The monoisotopic (exact) mass is 353 g/mol. The summed E-state index contributed by atoms with van der Waals surface area (Å²) in [6.07, 6.45) is 0.749. The number of morpholine rings is 1. The molecule has 2 amide bonds. The van der Waals surface area contributed by atoms with E-state index in [-0.39, 0.29) is 24.9 Å². The minimum Gasteiger partial charge on any atom is -0.378 e. The number of halogens is 1. The third-order valence-electron chi connectivity index (χ3n) is 3.83. The first kappa shape index (κ1) is 18.7. The largest absolute Gasteiger partial charge is 0.378 e. The molecule has 1 heterocycles. The number of hydrogen-bond acceptors (Lipinski definition) is 4. The summed E-state index contributed by atoms with van der Waals surface area (Å²) in [5.41, 5.74) is 1.12. The molecule has 0 spiro atoms. The van der Waals surface area contributed by atoms with Crippen LogP contribution in [-0.2, 0) is 20.7 Å². The Hall–Kier alpha value is -1.63. The number of ether oxygens (including phenoxy) is 1. The first-order valence-corrected chi connectivity index (χ1v) is 8.47. The fourth-order valence-corrected chi connectivity index (χ4v) is 2.62. The number of amides is 2. The molecule has 1 saturated heterocycles. The maximum absolute atomic E-state index is 12.1. The summed E-state index contributed by atoms with van der Waals surface area (Å²) in [6, 6.07) is 7.57. The second kappa shape index (κ2) is 9.61. The van der Waals surface area contributed by atoms with Crippen LogP contribution in [0, 0.1) is 0 Å². The maximum atomic E-state index is 12.1. The van der Waals surface area contributed by atoms with Crippen LogP contribution in [0.1, 0.15) is 5.56 Å². The van der Waals surface area contributed by atoms with E-state index in [1.807, 2.05) is 24.3 Å². The minimum atomic E-state index is -0.0822. The van der Waals surface area contributed by atoms with Crippen LogP contribution in [0.4, 0.5) is 0 Å². The van der Waals surface area contributed by atoms with Crippen molar-refractivity contribution in [2.24, 2.45) is 0 Å². The quantitative estimate of drug-likeness (QED) is 0.787. The molecule has 0 saturated carbocycles. The average Bonchev–Trinajstić information content (AvgIpc) is 2.57. The van der Waals surface area contributed by atoms with Gasteiger partial charge in [0.05, 0.1) is 26.3 Å². The minimum absolute atomic E-state index is 0.0368. The van der Waals surface area contributed by atoms with Gasteiger partial charge in [-0.25, -0.2) is 0 Å². The van der Waals surface area contributed by atoms with Gasteiger partial charge in [0.15, 0.2) is 0 Å². The average molecular weight is 354 g/mol. The van der Waals surface area contributed by atoms with Gasteiger partial charge in [-0.2, -0.15) is 0 Å². The highest BCUT2D eigenvalue weighted by Gasteiger charge is 2.18. The zero-order valence-corrected chi connectivity index (χ0v) is 14.7. The van der Waals surface area contributed by atoms with E-state index in [9.17, 15) is 9.59 Å². The Kier molecular flexibility index (Phi) is 7.49. The smallest absolute Gasteiger partial charge is 0.236 e. The van der Waals surface area contributed by atoms with Crippen LogP contribution in [0.5, 0.6) is 0 Å². The van der Waals surface area contributed by atoms with Crippen LogP contribution in [0.25, 0.3) is 0 Å². The molecular formula is C17H24ClN3O3. The van der Waals surface area contributed by atoms with Crippen molar-refractivity contribution in [2.45, 2.75) is 6.42 Å². The van der Waals surface area contributed by atoms with Crippen LogP contribution in [0.2, 0.25) is 5.02 Å². The van der Waals surface area contributed by atoms with Gasteiger partial charge >= 0.3 is 0 Å². The number of nitrogens with zero attached hydrogens (tertiary/aromatic N) is 2. The van der Waals surface area contributed by atoms with Crippen molar-refractivity contribution < 1.29 is 14.3 Å². The highest BCUT2D eigenvalue weighted by atomic mass is 35.5. The molecule has 2 rings (SSSR count). The van der Waals surface area contributed by atoms with Crippen LogP contribution in [0.15, 0.2) is 24.3 Å². The Morgan fingerprint density at radius 1 is 1.21 bits per heavy atom. The molecular weight excluding hydrogens is 330 g/mol. The first-order chi connectivity index (χ1) is 11.5. The summed E-state index contributed by atoms with van der Waals surface area (Å²) in [5, 5.41) is 3.57. The zero-order valence-electron chi connectivity index (χ0n) is 14.0. The Balaban J connectivity index is 1.63. The van der Waals surface area contributed by atoms with Crippen molar-refractivity contribution in [1.29, 1.82) is 0 Å². The first-order valence-electron chi connectivity index (χ1n) is 8.10. The molecule has 0 bridgehead atoms. The van der Waals surface area contributed by atoms with Crippen molar-refractivity contribution >= 4 is 23.4 Å². The molecule has 1 aliphatic heterocycles.